The molecule has 0 spiro atoms. The van der Waals surface area contributed by atoms with Gasteiger partial charge in [-0.25, -0.2) is 9.79 Å². The Hall–Kier alpha value is -3.05. The molecule has 3 rings (SSSR count). The summed E-state index contributed by atoms with van der Waals surface area (Å²) in [4.78, 5) is 25.1. The van der Waals surface area contributed by atoms with E-state index in [0.717, 1.165) is 29.9 Å². The molecule has 2 aliphatic heterocycles. The Labute approximate surface area is 197 Å². The van der Waals surface area contributed by atoms with Crippen molar-refractivity contribution in [2.75, 3.05) is 59.3 Å². The van der Waals surface area contributed by atoms with E-state index in [4.69, 9.17) is 4.74 Å². The van der Waals surface area contributed by atoms with Crippen molar-refractivity contribution in [1.82, 2.24) is 14.7 Å². The first-order chi connectivity index (χ1) is 15.5. The largest absolute Gasteiger partial charge is 0.444 e. The molecule has 2 heterocycles. The topological polar surface area (TPSA) is 75.4 Å². The lowest BCUT2D eigenvalue weighted by atomic mass is 9.92. The molecule has 2 aliphatic rings. The van der Waals surface area contributed by atoms with Gasteiger partial charge in [0.1, 0.15) is 17.2 Å². The van der Waals surface area contributed by atoms with Gasteiger partial charge in [-0.1, -0.05) is 12.1 Å². The predicted molar refractivity (Wildman–Crippen MR) is 133 cm³/mol. The van der Waals surface area contributed by atoms with Crippen LogP contribution in [0.15, 0.2) is 23.2 Å². The van der Waals surface area contributed by atoms with Crippen molar-refractivity contribution in [3.8, 4) is 6.07 Å². The fourth-order valence-corrected chi connectivity index (χ4v) is 3.93. The van der Waals surface area contributed by atoms with Gasteiger partial charge in [0.05, 0.1) is 17.7 Å². The SMILES string of the molecule is CN(C)/C=N/c1ccc(C2=CCN(C(=O)OC(C)(C)C)CC2)c(N2CC(N(C)C)C2)c1C#N. The minimum atomic E-state index is -0.515. The van der Waals surface area contributed by atoms with E-state index in [1.54, 1.807) is 11.2 Å². The molecular weight excluding hydrogens is 416 g/mol. The number of likely N-dealkylation sites (N-methyl/N-ethyl adjacent to an activating group) is 1. The first-order valence-corrected chi connectivity index (χ1v) is 11.4. The molecule has 0 N–H and O–H groups in total. The van der Waals surface area contributed by atoms with E-state index in [9.17, 15) is 10.1 Å². The predicted octanol–water partition coefficient (Wildman–Crippen LogP) is 3.55. The zero-order chi connectivity index (χ0) is 24.3. The van der Waals surface area contributed by atoms with E-state index in [-0.39, 0.29) is 6.09 Å². The van der Waals surface area contributed by atoms with Gasteiger partial charge in [-0.3, -0.25) is 0 Å². The van der Waals surface area contributed by atoms with Crippen molar-refractivity contribution < 1.29 is 9.53 Å². The van der Waals surface area contributed by atoms with Gasteiger partial charge in [-0.05, 0) is 52.9 Å². The van der Waals surface area contributed by atoms with Crippen LogP contribution in [0.2, 0.25) is 0 Å². The van der Waals surface area contributed by atoms with E-state index in [2.05, 4.69) is 47.1 Å². The van der Waals surface area contributed by atoms with Crippen LogP contribution in [0.1, 0.15) is 38.3 Å². The number of hydrogen-bond donors (Lipinski definition) is 0. The summed E-state index contributed by atoms with van der Waals surface area (Å²) in [5.41, 5.74) is 3.90. The molecule has 0 radical (unpaired) electrons. The molecule has 1 aromatic rings. The van der Waals surface area contributed by atoms with Crippen LogP contribution in [-0.4, -0.2) is 93.1 Å². The smallest absolute Gasteiger partial charge is 0.410 e. The molecule has 1 aromatic carbocycles. The van der Waals surface area contributed by atoms with Gasteiger partial charge in [-0.2, -0.15) is 5.26 Å². The highest BCUT2D eigenvalue weighted by atomic mass is 16.6. The fraction of sp³-hybridized carbons (Fsp3) is 0.560. The fourth-order valence-electron chi connectivity index (χ4n) is 3.93. The van der Waals surface area contributed by atoms with Crippen LogP contribution in [0, 0.1) is 11.3 Å². The molecule has 0 atom stereocenters. The number of amides is 1. The quantitative estimate of drug-likeness (QED) is 0.502. The highest BCUT2D eigenvalue weighted by molar-refractivity contribution is 5.87. The van der Waals surface area contributed by atoms with Crippen LogP contribution in [-0.2, 0) is 4.74 Å². The van der Waals surface area contributed by atoms with Gasteiger partial charge in [0.2, 0.25) is 0 Å². The highest BCUT2D eigenvalue weighted by Crippen LogP contribution is 2.40. The Morgan fingerprint density at radius 1 is 1.24 bits per heavy atom. The summed E-state index contributed by atoms with van der Waals surface area (Å²) in [5.74, 6) is 0. The molecule has 0 unspecified atom stereocenters. The normalized spacial score (nSPS) is 17.1. The van der Waals surface area contributed by atoms with Crippen LogP contribution < -0.4 is 4.90 Å². The first-order valence-electron chi connectivity index (χ1n) is 11.4. The number of carbonyl (C=O) groups is 1. The van der Waals surface area contributed by atoms with E-state index >= 15 is 0 Å². The van der Waals surface area contributed by atoms with Gasteiger partial charge in [0.25, 0.3) is 0 Å². The number of nitrogens with zero attached hydrogens (tertiary/aromatic N) is 6. The van der Waals surface area contributed by atoms with Crippen molar-refractivity contribution in [3.05, 3.63) is 29.3 Å². The zero-order valence-corrected chi connectivity index (χ0v) is 20.9. The second kappa shape index (κ2) is 9.84. The zero-order valence-electron chi connectivity index (χ0n) is 20.9. The third-order valence-electron chi connectivity index (χ3n) is 5.81. The molecule has 8 heteroatoms. The summed E-state index contributed by atoms with van der Waals surface area (Å²) < 4.78 is 5.52. The number of rotatable bonds is 5. The molecule has 0 aliphatic carbocycles. The Bertz CT molecular complexity index is 978. The van der Waals surface area contributed by atoms with Crippen LogP contribution in [0.25, 0.3) is 5.57 Å². The minimum absolute atomic E-state index is 0.291. The van der Waals surface area contributed by atoms with Crippen LogP contribution in [0.3, 0.4) is 0 Å². The maximum Gasteiger partial charge on any atom is 0.410 e. The molecular formula is C25H36N6O2. The number of nitriles is 1. The first kappa shape index (κ1) is 24.6. The number of anilines is 1. The van der Waals surface area contributed by atoms with Crippen LogP contribution in [0.5, 0.6) is 0 Å². The molecule has 178 valence electrons. The Balaban J connectivity index is 1.93. The van der Waals surface area contributed by atoms with E-state index < -0.39 is 5.60 Å². The van der Waals surface area contributed by atoms with Gasteiger partial charge in [0.15, 0.2) is 0 Å². The monoisotopic (exact) mass is 452 g/mol. The van der Waals surface area contributed by atoms with Crippen molar-refractivity contribution in [2.45, 2.75) is 38.8 Å². The number of aliphatic imine (C=N–C) groups is 1. The molecule has 1 amide bonds. The Kier molecular flexibility index (Phi) is 7.33. The van der Waals surface area contributed by atoms with Gasteiger partial charge >= 0.3 is 6.09 Å². The highest BCUT2D eigenvalue weighted by Gasteiger charge is 2.33. The summed E-state index contributed by atoms with van der Waals surface area (Å²) >= 11 is 0. The minimum Gasteiger partial charge on any atom is -0.444 e. The average molecular weight is 453 g/mol. The molecule has 0 saturated carbocycles. The molecule has 8 nitrogen and oxygen atoms in total. The maximum atomic E-state index is 12.5. The lowest BCUT2D eigenvalue weighted by molar-refractivity contribution is 0.0270. The lowest BCUT2D eigenvalue weighted by Gasteiger charge is -2.45. The molecule has 0 aromatic heterocycles. The lowest BCUT2D eigenvalue weighted by Crippen LogP contribution is -2.58. The Morgan fingerprint density at radius 2 is 1.94 bits per heavy atom. The summed E-state index contributed by atoms with van der Waals surface area (Å²) in [6, 6.07) is 6.86. The van der Waals surface area contributed by atoms with Crippen molar-refractivity contribution in [3.63, 3.8) is 0 Å². The van der Waals surface area contributed by atoms with E-state index in [0.29, 0.717) is 36.8 Å². The molecule has 1 fully saturated rings. The summed E-state index contributed by atoms with van der Waals surface area (Å²) in [6.07, 6.45) is 4.22. The van der Waals surface area contributed by atoms with Crippen molar-refractivity contribution >= 4 is 29.4 Å². The third-order valence-corrected chi connectivity index (χ3v) is 5.81. The van der Waals surface area contributed by atoms with E-state index in [1.165, 1.54) is 0 Å². The Morgan fingerprint density at radius 3 is 2.45 bits per heavy atom. The number of benzene rings is 1. The van der Waals surface area contributed by atoms with Crippen molar-refractivity contribution in [1.29, 1.82) is 5.26 Å². The van der Waals surface area contributed by atoms with Crippen LogP contribution in [0.4, 0.5) is 16.2 Å². The van der Waals surface area contributed by atoms with Gasteiger partial charge < -0.3 is 24.3 Å². The van der Waals surface area contributed by atoms with Crippen LogP contribution >= 0.6 is 0 Å². The summed E-state index contributed by atoms with van der Waals surface area (Å²) in [6.45, 7) is 8.44. The molecule has 33 heavy (non-hydrogen) atoms. The second-order valence-corrected chi connectivity index (χ2v) is 10.1. The van der Waals surface area contributed by atoms with Crippen molar-refractivity contribution in [2.24, 2.45) is 4.99 Å². The maximum absolute atomic E-state index is 12.5. The summed E-state index contributed by atoms with van der Waals surface area (Å²) in [7, 11) is 7.98. The molecule has 1 saturated heterocycles. The number of carbonyl (C=O) groups excluding carboxylic acids is 1. The second-order valence-electron chi connectivity index (χ2n) is 10.1. The molecule has 0 bridgehead atoms. The number of hydrogen-bond acceptors (Lipinski definition) is 6. The van der Waals surface area contributed by atoms with E-state index in [1.807, 2.05) is 45.8 Å². The van der Waals surface area contributed by atoms with Gasteiger partial charge in [0, 0.05) is 51.9 Å². The average Bonchev–Trinajstić information content (AvgIpc) is 2.69. The summed E-state index contributed by atoms with van der Waals surface area (Å²) in [5, 5.41) is 10.1. The third kappa shape index (κ3) is 5.85. The van der Waals surface area contributed by atoms with Gasteiger partial charge in [-0.15, -0.1) is 0 Å². The number of ether oxygens (including phenoxy) is 1. The standard InChI is InChI=1S/C25H36N6O2/c1-25(2,3)33-24(32)30-12-10-18(11-13-30)20-8-9-22(27-17-28(4)5)21(14-26)23(20)31-15-19(16-31)29(6)7/h8-10,17,19H,11-13,15-16H2,1-7H3/b27-17+.